The molecule has 0 spiro atoms. The van der Waals surface area contributed by atoms with E-state index in [0.29, 0.717) is 10.6 Å². The molecule has 2 N–H and O–H groups in total. The Morgan fingerprint density at radius 3 is 2.17 bits per heavy atom. The van der Waals surface area contributed by atoms with E-state index in [2.05, 4.69) is 10.6 Å². The lowest BCUT2D eigenvalue weighted by Gasteiger charge is -2.19. The first-order chi connectivity index (χ1) is 13.4. The van der Waals surface area contributed by atoms with Crippen molar-refractivity contribution < 1.29 is 22.8 Å². The number of rotatable bonds is 4. The molecule has 0 aliphatic rings. The molecule has 0 saturated heterocycles. The van der Waals surface area contributed by atoms with Crippen molar-refractivity contribution in [1.29, 1.82) is 0 Å². The van der Waals surface area contributed by atoms with Crippen LogP contribution in [0, 0.1) is 5.41 Å². The van der Waals surface area contributed by atoms with Gasteiger partial charge in [0.1, 0.15) is 5.70 Å². The molecule has 2 amide bonds. The van der Waals surface area contributed by atoms with E-state index in [-0.39, 0.29) is 11.4 Å². The van der Waals surface area contributed by atoms with Crippen LogP contribution in [0.25, 0.3) is 6.08 Å². The fourth-order valence-corrected chi connectivity index (χ4v) is 2.29. The molecule has 0 aliphatic carbocycles. The van der Waals surface area contributed by atoms with E-state index >= 15 is 0 Å². The monoisotopic (exact) mass is 424 g/mol. The van der Waals surface area contributed by atoms with Crippen LogP contribution in [0.2, 0.25) is 5.02 Å². The van der Waals surface area contributed by atoms with E-state index in [1.807, 2.05) is 0 Å². The number of carbonyl (C=O) groups is 2. The Kier molecular flexibility index (Phi) is 6.74. The van der Waals surface area contributed by atoms with Crippen molar-refractivity contribution in [2.24, 2.45) is 5.41 Å². The molecule has 2 aromatic carbocycles. The van der Waals surface area contributed by atoms with Crippen LogP contribution in [0.1, 0.15) is 31.9 Å². The average Bonchev–Trinajstić information content (AvgIpc) is 2.61. The number of anilines is 1. The van der Waals surface area contributed by atoms with Gasteiger partial charge in [-0.05, 0) is 42.0 Å². The van der Waals surface area contributed by atoms with Gasteiger partial charge < -0.3 is 10.6 Å². The molecule has 2 aromatic rings. The zero-order chi connectivity index (χ0) is 21.8. The second-order valence-corrected chi connectivity index (χ2v) is 7.78. The van der Waals surface area contributed by atoms with Gasteiger partial charge in [-0.3, -0.25) is 9.59 Å². The average molecular weight is 425 g/mol. The first-order valence-electron chi connectivity index (χ1n) is 8.63. The van der Waals surface area contributed by atoms with E-state index < -0.39 is 29.0 Å². The Balaban J connectivity index is 2.34. The van der Waals surface area contributed by atoms with Gasteiger partial charge in [0.25, 0.3) is 5.91 Å². The zero-order valence-electron chi connectivity index (χ0n) is 16.0. The molecule has 0 aliphatic heterocycles. The molecule has 0 heterocycles. The highest BCUT2D eigenvalue weighted by molar-refractivity contribution is 6.30. The molecule has 8 heteroatoms. The summed E-state index contributed by atoms with van der Waals surface area (Å²) in [6, 6.07) is 10.8. The lowest BCUT2D eigenvalue weighted by molar-refractivity contribution is -0.137. The van der Waals surface area contributed by atoms with Gasteiger partial charge >= 0.3 is 6.18 Å². The third kappa shape index (κ3) is 6.64. The van der Waals surface area contributed by atoms with Crippen molar-refractivity contribution in [3.8, 4) is 0 Å². The van der Waals surface area contributed by atoms with Gasteiger partial charge in [-0.2, -0.15) is 13.2 Å². The topological polar surface area (TPSA) is 58.2 Å². The second-order valence-electron chi connectivity index (χ2n) is 7.35. The Hall–Kier alpha value is -2.80. The van der Waals surface area contributed by atoms with Gasteiger partial charge in [0.15, 0.2) is 0 Å². The minimum Gasteiger partial charge on any atom is -0.321 e. The van der Waals surface area contributed by atoms with Crippen LogP contribution >= 0.6 is 11.6 Å². The Labute approximate surface area is 171 Å². The van der Waals surface area contributed by atoms with Crippen LogP contribution in [0.3, 0.4) is 0 Å². The zero-order valence-corrected chi connectivity index (χ0v) is 16.8. The summed E-state index contributed by atoms with van der Waals surface area (Å²) in [5.74, 6) is -1.17. The minimum absolute atomic E-state index is 0.0446. The first-order valence-corrected chi connectivity index (χ1v) is 9.01. The molecule has 0 atom stereocenters. The highest BCUT2D eigenvalue weighted by Crippen LogP contribution is 2.30. The van der Waals surface area contributed by atoms with Gasteiger partial charge in [-0.1, -0.05) is 50.6 Å². The van der Waals surface area contributed by atoms with Gasteiger partial charge in [0, 0.05) is 16.1 Å². The maximum Gasteiger partial charge on any atom is 0.416 e. The van der Waals surface area contributed by atoms with Crippen LogP contribution in [-0.2, 0) is 15.8 Å². The van der Waals surface area contributed by atoms with Gasteiger partial charge in [0.05, 0.1) is 5.56 Å². The van der Waals surface area contributed by atoms with Gasteiger partial charge in [-0.15, -0.1) is 0 Å². The summed E-state index contributed by atoms with van der Waals surface area (Å²) < 4.78 is 38.7. The van der Waals surface area contributed by atoms with Crippen LogP contribution in [0.4, 0.5) is 18.9 Å². The molecule has 0 radical (unpaired) electrons. The summed E-state index contributed by atoms with van der Waals surface area (Å²) in [6.07, 6.45) is -3.12. The van der Waals surface area contributed by atoms with Gasteiger partial charge in [0.2, 0.25) is 5.91 Å². The Morgan fingerprint density at radius 1 is 1.00 bits per heavy atom. The predicted molar refractivity (Wildman–Crippen MR) is 107 cm³/mol. The molecule has 0 fully saturated rings. The minimum atomic E-state index is -4.54. The Bertz CT molecular complexity index is 930. The third-order valence-electron chi connectivity index (χ3n) is 3.80. The van der Waals surface area contributed by atoms with Crippen molar-refractivity contribution in [1.82, 2.24) is 5.32 Å². The van der Waals surface area contributed by atoms with Crippen LogP contribution in [0.5, 0.6) is 0 Å². The highest BCUT2D eigenvalue weighted by atomic mass is 35.5. The van der Waals surface area contributed by atoms with Crippen molar-refractivity contribution in [3.05, 3.63) is 70.4 Å². The molecule has 154 valence electrons. The number of nitrogens with one attached hydrogen (secondary N) is 2. The number of carbonyl (C=O) groups excluding carboxylic acids is 2. The van der Waals surface area contributed by atoms with E-state index in [4.69, 9.17) is 11.6 Å². The van der Waals surface area contributed by atoms with E-state index in [9.17, 15) is 22.8 Å². The van der Waals surface area contributed by atoms with E-state index in [1.165, 1.54) is 18.2 Å². The van der Waals surface area contributed by atoms with Crippen molar-refractivity contribution >= 4 is 35.2 Å². The number of halogens is 4. The molecule has 2 rings (SSSR count). The normalized spacial score (nSPS) is 12.4. The maximum atomic E-state index is 12.9. The Morgan fingerprint density at radius 2 is 1.62 bits per heavy atom. The van der Waals surface area contributed by atoms with Crippen LogP contribution < -0.4 is 10.6 Å². The van der Waals surface area contributed by atoms with Crippen LogP contribution in [-0.4, -0.2) is 11.8 Å². The third-order valence-corrected chi connectivity index (χ3v) is 4.05. The highest BCUT2D eigenvalue weighted by Gasteiger charge is 2.30. The standard InChI is InChI=1S/C21H20ClF3N2O2/c1-20(2,3)19(29)27-17(11-13-7-9-15(22)10-8-13)18(28)26-16-6-4-5-14(12-16)21(23,24)25/h4-12H,1-3H3,(H,26,28)(H,27,29)/b17-11+. The molecule has 0 saturated carbocycles. The molecule has 0 aromatic heterocycles. The summed E-state index contributed by atoms with van der Waals surface area (Å²) >= 11 is 5.85. The fraction of sp³-hybridized carbons (Fsp3) is 0.238. The lowest BCUT2D eigenvalue weighted by Crippen LogP contribution is -2.38. The summed E-state index contributed by atoms with van der Waals surface area (Å²) in [7, 11) is 0. The smallest absolute Gasteiger partial charge is 0.321 e. The molecule has 4 nitrogen and oxygen atoms in total. The first kappa shape index (κ1) is 22.5. The fourth-order valence-electron chi connectivity index (χ4n) is 2.17. The SMILES string of the molecule is CC(C)(C)C(=O)N/C(=C/c1ccc(Cl)cc1)C(=O)Nc1cccc(C(F)(F)F)c1. The van der Waals surface area contributed by atoms with Gasteiger partial charge in [-0.25, -0.2) is 0 Å². The number of hydrogen-bond acceptors (Lipinski definition) is 2. The number of alkyl halides is 3. The van der Waals surface area contributed by atoms with Crippen molar-refractivity contribution in [3.63, 3.8) is 0 Å². The van der Waals surface area contributed by atoms with Crippen molar-refractivity contribution in [2.75, 3.05) is 5.32 Å². The maximum absolute atomic E-state index is 12.9. The van der Waals surface area contributed by atoms with Crippen molar-refractivity contribution in [2.45, 2.75) is 26.9 Å². The largest absolute Gasteiger partial charge is 0.416 e. The van der Waals surface area contributed by atoms with E-state index in [0.717, 1.165) is 12.1 Å². The number of benzene rings is 2. The lowest BCUT2D eigenvalue weighted by atomic mass is 9.95. The summed E-state index contributed by atoms with van der Waals surface area (Å²) in [5.41, 5.74) is -1.24. The quantitative estimate of drug-likeness (QED) is 0.636. The molecule has 0 unspecified atom stereocenters. The molecular weight excluding hydrogens is 405 g/mol. The van der Waals surface area contributed by atoms with E-state index in [1.54, 1.807) is 45.0 Å². The number of hydrogen-bond donors (Lipinski definition) is 2. The summed E-state index contributed by atoms with van der Waals surface area (Å²) in [6.45, 7) is 5.02. The summed E-state index contributed by atoms with van der Waals surface area (Å²) in [4.78, 5) is 25.1. The molecule has 0 bridgehead atoms. The molecular formula is C21H20ClF3N2O2. The summed E-state index contributed by atoms with van der Waals surface area (Å²) in [5, 5.41) is 5.43. The van der Waals surface area contributed by atoms with Crippen LogP contribution in [0.15, 0.2) is 54.2 Å². The molecule has 29 heavy (non-hydrogen) atoms. The predicted octanol–water partition coefficient (Wildman–Crippen LogP) is 5.50. The second kappa shape index (κ2) is 8.69. The number of amides is 2.